The molecule has 2 aromatic carbocycles. The van der Waals surface area contributed by atoms with Crippen LogP contribution in [-0.2, 0) is 11.3 Å². The van der Waals surface area contributed by atoms with Crippen LogP contribution in [0.3, 0.4) is 0 Å². The molecule has 0 radical (unpaired) electrons. The van der Waals surface area contributed by atoms with Crippen LogP contribution in [0.4, 0.5) is 5.69 Å². The zero-order chi connectivity index (χ0) is 23.7. The van der Waals surface area contributed by atoms with Gasteiger partial charge >= 0.3 is 0 Å². The molecule has 33 heavy (non-hydrogen) atoms. The summed E-state index contributed by atoms with van der Waals surface area (Å²) in [5.74, 6) is 0.641. The van der Waals surface area contributed by atoms with E-state index in [-0.39, 0.29) is 6.54 Å². The van der Waals surface area contributed by atoms with Crippen molar-refractivity contribution >= 4 is 22.5 Å². The van der Waals surface area contributed by atoms with Crippen LogP contribution in [0.15, 0.2) is 47.4 Å². The average Bonchev–Trinajstić information content (AvgIpc) is 3.25. The monoisotopic (exact) mass is 447 g/mol. The largest absolute Gasteiger partial charge is 0.493 e. The molecule has 0 aliphatic heterocycles. The van der Waals surface area contributed by atoms with Gasteiger partial charge in [-0.1, -0.05) is 6.07 Å². The highest BCUT2D eigenvalue weighted by atomic mass is 16.5. The van der Waals surface area contributed by atoms with Gasteiger partial charge in [-0.25, -0.2) is 9.36 Å². The van der Waals surface area contributed by atoms with E-state index in [0.717, 1.165) is 21.5 Å². The lowest BCUT2D eigenvalue weighted by atomic mass is 10.1. The molecule has 9 heteroatoms. The minimum Gasteiger partial charge on any atom is -0.493 e. The summed E-state index contributed by atoms with van der Waals surface area (Å²) in [6, 6.07) is 10.9. The number of ether oxygens (including phenoxy) is 2. The molecule has 4 rings (SSSR count). The minimum atomic E-state index is -0.396. The maximum atomic E-state index is 13.3. The second kappa shape index (κ2) is 8.78. The van der Waals surface area contributed by atoms with Crippen LogP contribution in [0.25, 0.3) is 16.6 Å². The Morgan fingerprint density at radius 2 is 1.76 bits per heavy atom. The minimum absolute atomic E-state index is 0.248. The summed E-state index contributed by atoms with van der Waals surface area (Å²) in [6.07, 6.45) is 1.63. The van der Waals surface area contributed by atoms with Crippen LogP contribution in [-0.4, -0.2) is 39.7 Å². The van der Waals surface area contributed by atoms with Gasteiger partial charge in [0, 0.05) is 17.1 Å². The predicted octanol–water partition coefficient (Wildman–Crippen LogP) is 3.16. The predicted molar refractivity (Wildman–Crippen MR) is 126 cm³/mol. The molecular formula is C24H25N5O4. The van der Waals surface area contributed by atoms with Crippen LogP contribution in [0.5, 0.6) is 11.5 Å². The van der Waals surface area contributed by atoms with Crippen molar-refractivity contribution < 1.29 is 14.3 Å². The van der Waals surface area contributed by atoms with Gasteiger partial charge in [-0.2, -0.15) is 10.2 Å². The summed E-state index contributed by atoms with van der Waals surface area (Å²) in [5, 5.41) is 12.2. The highest BCUT2D eigenvalue weighted by Crippen LogP contribution is 2.29. The zero-order valence-corrected chi connectivity index (χ0v) is 19.2. The fraction of sp³-hybridized carbons (Fsp3) is 0.250. The molecule has 0 aliphatic carbocycles. The molecule has 0 fully saturated rings. The average molecular weight is 447 g/mol. The van der Waals surface area contributed by atoms with Crippen LogP contribution in [0.1, 0.15) is 16.8 Å². The van der Waals surface area contributed by atoms with Crippen LogP contribution >= 0.6 is 0 Å². The number of carbonyl (C=O) groups excluding carboxylic acids is 1. The Labute approximate surface area is 190 Å². The third kappa shape index (κ3) is 4.17. The molecule has 0 bridgehead atoms. The molecule has 0 saturated carbocycles. The Balaban J connectivity index is 1.67. The van der Waals surface area contributed by atoms with Crippen molar-refractivity contribution in [1.82, 2.24) is 19.6 Å². The first-order valence-electron chi connectivity index (χ1n) is 10.4. The van der Waals surface area contributed by atoms with Crippen LogP contribution in [0.2, 0.25) is 0 Å². The van der Waals surface area contributed by atoms with Crippen molar-refractivity contribution in [3.05, 3.63) is 69.8 Å². The summed E-state index contributed by atoms with van der Waals surface area (Å²) in [5.41, 5.74) is 4.13. The molecule has 0 spiro atoms. The molecule has 0 saturated heterocycles. The first-order valence-corrected chi connectivity index (χ1v) is 10.4. The van der Waals surface area contributed by atoms with Crippen molar-refractivity contribution in [1.29, 1.82) is 0 Å². The molecule has 4 aromatic rings. The van der Waals surface area contributed by atoms with E-state index in [1.165, 1.54) is 14.2 Å². The van der Waals surface area contributed by atoms with E-state index in [9.17, 15) is 9.59 Å². The lowest BCUT2D eigenvalue weighted by Gasteiger charge is -2.12. The molecule has 170 valence electrons. The third-order valence-electron chi connectivity index (χ3n) is 5.56. The number of fused-ring (bicyclic) bond motifs is 1. The molecule has 9 nitrogen and oxygen atoms in total. The lowest BCUT2D eigenvalue weighted by Crippen LogP contribution is -2.31. The first-order chi connectivity index (χ1) is 15.8. The Hall–Kier alpha value is -4.14. The second-order valence-electron chi connectivity index (χ2n) is 7.75. The number of hydrogen-bond donors (Lipinski definition) is 1. The van der Waals surface area contributed by atoms with Crippen molar-refractivity contribution in [2.75, 3.05) is 19.5 Å². The van der Waals surface area contributed by atoms with E-state index >= 15 is 0 Å². The molecule has 2 aromatic heterocycles. The van der Waals surface area contributed by atoms with E-state index in [0.29, 0.717) is 33.8 Å². The molecular weight excluding hydrogens is 422 g/mol. The van der Waals surface area contributed by atoms with Crippen molar-refractivity contribution in [2.24, 2.45) is 0 Å². The topological polar surface area (TPSA) is 100 Å². The Bertz CT molecular complexity index is 1420. The lowest BCUT2D eigenvalue weighted by molar-refractivity contribution is -0.117. The number of benzene rings is 2. The molecule has 1 N–H and O–H groups in total. The van der Waals surface area contributed by atoms with E-state index in [4.69, 9.17) is 9.47 Å². The highest BCUT2D eigenvalue weighted by molar-refractivity contribution is 5.91. The van der Waals surface area contributed by atoms with E-state index < -0.39 is 11.5 Å². The Kier molecular flexibility index (Phi) is 5.87. The fourth-order valence-electron chi connectivity index (χ4n) is 3.63. The number of nitrogens with zero attached hydrogens (tertiary/aromatic N) is 4. The smallest absolute Gasteiger partial charge is 0.293 e. The maximum Gasteiger partial charge on any atom is 0.293 e. The van der Waals surface area contributed by atoms with E-state index in [1.54, 1.807) is 36.0 Å². The third-order valence-corrected chi connectivity index (χ3v) is 5.56. The van der Waals surface area contributed by atoms with Crippen molar-refractivity contribution in [2.45, 2.75) is 27.3 Å². The number of methoxy groups -OCH3 is 2. The van der Waals surface area contributed by atoms with Crippen molar-refractivity contribution in [3.63, 3.8) is 0 Å². The van der Waals surface area contributed by atoms with E-state index in [1.807, 2.05) is 32.0 Å². The summed E-state index contributed by atoms with van der Waals surface area (Å²) in [6.45, 7) is 5.57. The Morgan fingerprint density at radius 3 is 2.45 bits per heavy atom. The summed E-state index contributed by atoms with van der Waals surface area (Å²) < 4.78 is 13.2. The number of aromatic nitrogens is 4. The zero-order valence-electron chi connectivity index (χ0n) is 19.2. The van der Waals surface area contributed by atoms with Crippen molar-refractivity contribution in [3.8, 4) is 17.2 Å². The molecule has 0 unspecified atom stereocenters. The fourth-order valence-corrected chi connectivity index (χ4v) is 3.63. The van der Waals surface area contributed by atoms with Gasteiger partial charge in [0.05, 0.1) is 31.8 Å². The summed E-state index contributed by atoms with van der Waals surface area (Å²) in [7, 11) is 3.05. The summed E-state index contributed by atoms with van der Waals surface area (Å²) in [4.78, 5) is 26.0. The summed E-state index contributed by atoms with van der Waals surface area (Å²) >= 11 is 0. The van der Waals surface area contributed by atoms with Gasteiger partial charge in [-0.3, -0.25) is 9.59 Å². The number of amides is 1. The first kappa shape index (κ1) is 22.1. The Morgan fingerprint density at radius 1 is 1.00 bits per heavy atom. The van der Waals surface area contributed by atoms with Gasteiger partial charge in [-0.05, 0) is 56.2 Å². The molecule has 0 aliphatic rings. The van der Waals surface area contributed by atoms with Gasteiger partial charge in [0.2, 0.25) is 5.91 Å². The molecule has 0 atom stereocenters. The molecule has 1 amide bonds. The number of hydrogen-bond acceptors (Lipinski definition) is 6. The maximum absolute atomic E-state index is 13.3. The molecule has 2 heterocycles. The van der Waals surface area contributed by atoms with Gasteiger partial charge in [0.15, 0.2) is 11.5 Å². The van der Waals surface area contributed by atoms with Gasteiger partial charge in [-0.15, -0.1) is 0 Å². The van der Waals surface area contributed by atoms with Gasteiger partial charge < -0.3 is 14.8 Å². The SMILES string of the molecule is COc1ccc(NC(=O)Cn2nc(C)c3cnn(-c4ccc(C)c(C)c4)c3c2=O)cc1OC. The normalized spacial score (nSPS) is 10.9. The van der Waals surface area contributed by atoms with Crippen LogP contribution < -0.4 is 20.3 Å². The number of rotatable bonds is 6. The number of aryl methyl sites for hydroxylation is 3. The number of carbonyl (C=O) groups is 1. The van der Waals surface area contributed by atoms with Crippen LogP contribution in [0, 0.1) is 20.8 Å². The number of nitrogens with one attached hydrogen (secondary N) is 1. The van der Waals surface area contributed by atoms with Gasteiger partial charge in [0.25, 0.3) is 5.56 Å². The van der Waals surface area contributed by atoms with Gasteiger partial charge in [0.1, 0.15) is 12.1 Å². The second-order valence-corrected chi connectivity index (χ2v) is 7.75. The van der Waals surface area contributed by atoms with E-state index in [2.05, 4.69) is 15.5 Å². The number of anilines is 1. The quantitative estimate of drug-likeness (QED) is 0.487. The standard InChI is InChI=1S/C24H25N5O4/c1-14-6-8-18(10-15(14)2)29-23-19(12-25-29)16(3)27-28(24(23)31)13-22(30)26-17-7-9-20(32-4)21(11-17)33-5/h6-12H,13H2,1-5H3,(H,26,30). The highest BCUT2D eigenvalue weighted by Gasteiger charge is 2.17.